The van der Waals surface area contributed by atoms with Gasteiger partial charge in [0.1, 0.15) is 23.4 Å². The second-order valence-electron chi connectivity index (χ2n) is 11.2. The van der Waals surface area contributed by atoms with E-state index in [1.54, 1.807) is 28.7 Å². The molecule has 0 saturated carbocycles. The van der Waals surface area contributed by atoms with Crippen LogP contribution in [0.2, 0.25) is 10.0 Å². The highest BCUT2D eigenvalue weighted by Crippen LogP contribution is 2.50. The van der Waals surface area contributed by atoms with E-state index in [1.807, 2.05) is 87.5 Å². The van der Waals surface area contributed by atoms with Gasteiger partial charge in [0, 0.05) is 49.2 Å². The molecule has 0 spiro atoms. The summed E-state index contributed by atoms with van der Waals surface area (Å²) in [6.07, 6.45) is -0.133. The molecule has 2 aliphatic heterocycles. The van der Waals surface area contributed by atoms with Gasteiger partial charge in [0.15, 0.2) is 0 Å². The number of carbonyl (C=O) groups is 2. The Morgan fingerprint density at radius 2 is 1.49 bits per heavy atom. The van der Waals surface area contributed by atoms with Crippen molar-refractivity contribution in [1.82, 2.24) is 14.7 Å². The van der Waals surface area contributed by atoms with E-state index in [-0.39, 0.29) is 18.0 Å². The Labute approximate surface area is 262 Å². The number of amides is 3. The third-order valence-electron chi connectivity index (χ3n) is 8.05. The average molecular weight is 624 g/mol. The van der Waals surface area contributed by atoms with E-state index in [0.717, 1.165) is 11.1 Å². The van der Waals surface area contributed by atoms with Crippen LogP contribution >= 0.6 is 23.2 Å². The molecule has 0 bridgehead atoms. The summed E-state index contributed by atoms with van der Waals surface area (Å²) in [5, 5.41) is 1.20. The molecule has 2 atom stereocenters. The predicted octanol–water partition coefficient (Wildman–Crippen LogP) is 6.79. The van der Waals surface area contributed by atoms with Crippen molar-refractivity contribution in [2.75, 3.05) is 33.3 Å². The first-order chi connectivity index (χ1) is 20.5. The Hall–Kier alpha value is -3.75. The van der Waals surface area contributed by atoms with Gasteiger partial charge in [-0.15, -0.1) is 0 Å². The van der Waals surface area contributed by atoms with Gasteiger partial charge in [-0.05, 0) is 68.3 Å². The van der Waals surface area contributed by atoms with Crippen LogP contribution in [0.15, 0.2) is 71.7 Å². The Balaban J connectivity index is 1.71. The molecule has 3 aromatic carbocycles. The molecule has 0 unspecified atom stereocenters. The third-order valence-corrected chi connectivity index (χ3v) is 8.56. The SMILES string of the molecule is COc1ccc(C2=N[C@H](c3ccc(Cl)cc3)[C@](C)(c3ccc(Cl)cc3)N2C(=O)N2CCN(C(C)=O)CC2)c(OC(C)C)c1. The van der Waals surface area contributed by atoms with E-state index >= 15 is 0 Å². The third kappa shape index (κ3) is 6.04. The molecule has 0 aromatic heterocycles. The lowest BCUT2D eigenvalue weighted by atomic mass is 9.80. The van der Waals surface area contributed by atoms with Gasteiger partial charge in [0.25, 0.3) is 0 Å². The topological polar surface area (TPSA) is 74.7 Å². The quantitative estimate of drug-likeness (QED) is 0.303. The molecule has 1 fully saturated rings. The zero-order chi connectivity index (χ0) is 30.9. The number of nitrogens with zero attached hydrogens (tertiary/aromatic N) is 4. The van der Waals surface area contributed by atoms with Crippen LogP contribution in [0.1, 0.15) is 50.4 Å². The van der Waals surface area contributed by atoms with Crippen LogP contribution in [0.3, 0.4) is 0 Å². The minimum Gasteiger partial charge on any atom is -0.497 e. The van der Waals surface area contributed by atoms with Crippen molar-refractivity contribution >= 4 is 41.0 Å². The monoisotopic (exact) mass is 622 g/mol. The van der Waals surface area contributed by atoms with Crippen molar-refractivity contribution in [1.29, 1.82) is 0 Å². The Morgan fingerprint density at radius 3 is 2.05 bits per heavy atom. The number of halogens is 2. The van der Waals surface area contributed by atoms with Gasteiger partial charge in [-0.3, -0.25) is 14.7 Å². The molecule has 8 nitrogen and oxygen atoms in total. The molecule has 2 aliphatic rings. The number of carbonyl (C=O) groups excluding carboxylic acids is 2. The Kier molecular flexibility index (Phi) is 8.90. The summed E-state index contributed by atoms with van der Waals surface area (Å²) < 4.78 is 11.8. The van der Waals surface area contributed by atoms with E-state index in [9.17, 15) is 9.59 Å². The summed E-state index contributed by atoms with van der Waals surface area (Å²) in [5.41, 5.74) is 1.47. The number of hydrogen-bond acceptors (Lipinski definition) is 5. The second-order valence-corrected chi connectivity index (χ2v) is 12.1. The molecular formula is C33H36Cl2N4O4. The first-order valence-corrected chi connectivity index (χ1v) is 15.1. The average Bonchev–Trinajstić information content (AvgIpc) is 3.30. The van der Waals surface area contributed by atoms with E-state index in [2.05, 4.69) is 0 Å². The highest BCUT2D eigenvalue weighted by atomic mass is 35.5. The number of aliphatic imine (C=N–C) groups is 1. The van der Waals surface area contributed by atoms with Crippen LogP contribution in [-0.4, -0.2) is 71.9 Å². The molecule has 1 saturated heterocycles. The number of urea groups is 1. The zero-order valence-corrected chi connectivity index (χ0v) is 26.5. The second kappa shape index (κ2) is 12.5. The van der Waals surface area contributed by atoms with Gasteiger partial charge in [0.05, 0.1) is 24.3 Å². The minimum atomic E-state index is -0.961. The molecular weight excluding hydrogens is 587 g/mol. The van der Waals surface area contributed by atoms with Gasteiger partial charge in [0.2, 0.25) is 5.91 Å². The lowest BCUT2D eigenvalue weighted by molar-refractivity contribution is -0.130. The van der Waals surface area contributed by atoms with Crippen molar-refractivity contribution in [2.45, 2.75) is 45.4 Å². The molecule has 43 heavy (non-hydrogen) atoms. The molecule has 226 valence electrons. The van der Waals surface area contributed by atoms with Crippen LogP contribution in [0.4, 0.5) is 4.79 Å². The predicted molar refractivity (Wildman–Crippen MR) is 169 cm³/mol. The van der Waals surface area contributed by atoms with Gasteiger partial charge >= 0.3 is 6.03 Å². The number of amidine groups is 1. The largest absolute Gasteiger partial charge is 0.497 e. The number of methoxy groups -OCH3 is 1. The van der Waals surface area contributed by atoms with Crippen molar-refractivity contribution < 1.29 is 19.1 Å². The summed E-state index contributed by atoms with van der Waals surface area (Å²) >= 11 is 12.6. The lowest BCUT2D eigenvalue weighted by Gasteiger charge is -2.44. The van der Waals surface area contributed by atoms with Crippen LogP contribution in [-0.2, 0) is 10.3 Å². The smallest absolute Gasteiger partial charge is 0.326 e. The molecule has 5 rings (SSSR count). The number of benzene rings is 3. The summed E-state index contributed by atoms with van der Waals surface area (Å²) in [4.78, 5) is 37.4. The maximum absolute atomic E-state index is 14.8. The number of piperazine rings is 1. The summed E-state index contributed by atoms with van der Waals surface area (Å²) in [6.45, 7) is 9.22. The van der Waals surface area contributed by atoms with Crippen LogP contribution in [0.25, 0.3) is 0 Å². The zero-order valence-electron chi connectivity index (χ0n) is 25.0. The van der Waals surface area contributed by atoms with Crippen molar-refractivity contribution in [3.05, 3.63) is 93.5 Å². The van der Waals surface area contributed by atoms with Crippen molar-refractivity contribution in [3.63, 3.8) is 0 Å². The maximum Gasteiger partial charge on any atom is 0.326 e. The summed E-state index contributed by atoms with van der Waals surface area (Å²) in [5.74, 6) is 1.67. The highest BCUT2D eigenvalue weighted by molar-refractivity contribution is 6.30. The Bertz CT molecular complexity index is 1520. The standard InChI is InChI=1S/C33H36Cl2N4O4/c1-21(2)43-29-20-27(42-5)14-15-28(29)31-36-30(23-6-10-25(34)11-7-23)33(4,24-8-12-26(35)13-9-24)39(31)32(41)38-18-16-37(17-19-38)22(3)40/h6-15,20-21,30H,16-19H2,1-5H3/t30-,33+/m1/s1. The van der Waals surface area contributed by atoms with Crippen molar-refractivity contribution in [2.24, 2.45) is 4.99 Å². The van der Waals surface area contributed by atoms with Crippen LogP contribution < -0.4 is 9.47 Å². The molecule has 10 heteroatoms. The van der Waals surface area contributed by atoms with Gasteiger partial charge in [-0.2, -0.15) is 0 Å². The van der Waals surface area contributed by atoms with Crippen LogP contribution in [0, 0.1) is 0 Å². The number of rotatable bonds is 6. The molecule has 3 amide bonds. The van der Waals surface area contributed by atoms with E-state index < -0.39 is 11.6 Å². The fraction of sp³-hybridized carbons (Fsp3) is 0.364. The number of hydrogen-bond donors (Lipinski definition) is 0. The van der Waals surface area contributed by atoms with Gasteiger partial charge in [-0.1, -0.05) is 47.5 Å². The van der Waals surface area contributed by atoms with Crippen molar-refractivity contribution in [3.8, 4) is 11.5 Å². The minimum absolute atomic E-state index is 0.00182. The lowest BCUT2D eigenvalue weighted by Crippen LogP contribution is -2.58. The van der Waals surface area contributed by atoms with E-state index in [0.29, 0.717) is 59.1 Å². The molecule has 0 N–H and O–H groups in total. The fourth-order valence-corrected chi connectivity index (χ4v) is 6.02. The Morgan fingerprint density at radius 1 is 0.907 bits per heavy atom. The van der Waals surface area contributed by atoms with Gasteiger partial charge < -0.3 is 19.3 Å². The first kappa shape index (κ1) is 30.7. The van der Waals surface area contributed by atoms with Crippen LogP contribution in [0.5, 0.6) is 11.5 Å². The summed E-state index contributed by atoms with van der Waals surface area (Å²) in [6, 6.07) is 20.0. The molecule has 3 aromatic rings. The molecule has 2 heterocycles. The number of ether oxygens (including phenoxy) is 2. The normalized spacial score (nSPS) is 20.3. The molecule has 0 radical (unpaired) electrons. The fourth-order valence-electron chi connectivity index (χ4n) is 5.77. The molecule has 0 aliphatic carbocycles. The summed E-state index contributed by atoms with van der Waals surface area (Å²) in [7, 11) is 1.60. The first-order valence-electron chi connectivity index (χ1n) is 14.3. The van der Waals surface area contributed by atoms with Gasteiger partial charge in [-0.25, -0.2) is 4.79 Å². The van der Waals surface area contributed by atoms with E-state index in [4.69, 9.17) is 37.7 Å². The maximum atomic E-state index is 14.8. The van der Waals surface area contributed by atoms with E-state index in [1.165, 1.54) is 0 Å². The highest BCUT2D eigenvalue weighted by Gasteiger charge is 2.53.